The lowest BCUT2D eigenvalue weighted by molar-refractivity contribution is -0.108. The number of nitrogens with one attached hydrogen (secondary N) is 2. The van der Waals surface area contributed by atoms with Crippen molar-refractivity contribution in [1.29, 1.82) is 0 Å². The van der Waals surface area contributed by atoms with Gasteiger partial charge in [-0.1, -0.05) is 6.92 Å². The molecule has 0 spiro atoms. The van der Waals surface area contributed by atoms with E-state index in [1.54, 1.807) is 17.6 Å². The van der Waals surface area contributed by atoms with Crippen molar-refractivity contribution in [1.82, 2.24) is 34.3 Å². The summed E-state index contributed by atoms with van der Waals surface area (Å²) in [4.78, 5) is 33.0. The molecule has 210 valence electrons. The maximum Gasteiger partial charge on any atom is 0.229 e. The van der Waals surface area contributed by atoms with Crippen LogP contribution in [0.5, 0.6) is 0 Å². The molecule has 10 nitrogen and oxygen atoms in total. The van der Waals surface area contributed by atoms with Crippen LogP contribution in [0, 0.1) is 18.6 Å². The number of hydrogen-bond donors (Lipinski definition) is 2. The van der Waals surface area contributed by atoms with Crippen molar-refractivity contribution in [2.24, 2.45) is 0 Å². The van der Waals surface area contributed by atoms with Crippen LogP contribution in [-0.2, 0) is 17.9 Å². The lowest BCUT2D eigenvalue weighted by Gasteiger charge is -2.34. The Kier molecular flexibility index (Phi) is 8.27. The number of aromatic nitrogens is 5. The maximum absolute atomic E-state index is 15.0. The van der Waals surface area contributed by atoms with Gasteiger partial charge in [0.05, 0.1) is 11.7 Å². The zero-order valence-electron chi connectivity index (χ0n) is 22.9. The number of carbonyl (C=O) groups excluding carboxylic acids is 1. The van der Waals surface area contributed by atoms with Gasteiger partial charge in [-0.15, -0.1) is 0 Å². The van der Waals surface area contributed by atoms with Gasteiger partial charge < -0.3 is 24.9 Å². The zero-order valence-corrected chi connectivity index (χ0v) is 22.9. The molecule has 4 aromatic rings. The van der Waals surface area contributed by atoms with Gasteiger partial charge in [0.15, 0.2) is 11.6 Å². The van der Waals surface area contributed by atoms with Gasteiger partial charge in [0.1, 0.15) is 29.1 Å². The highest BCUT2D eigenvalue weighted by Crippen LogP contribution is 2.29. The molecule has 1 aromatic carbocycles. The Labute approximate surface area is 231 Å². The Morgan fingerprint density at radius 1 is 1.00 bits per heavy atom. The molecule has 0 saturated carbocycles. The van der Waals surface area contributed by atoms with Crippen LogP contribution in [0.3, 0.4) is 0 Å². The number of aldehydes is 1. The molecule has 40 heavy (non-hydrogen) atoms. The average Bonchev–Trinajstić information content (AvgIpc) is 3.29. The number of nitrogens with zero attached hydrogens (tertiary/aromatic N) is 7. The lowest BCUT2D eigenvalue weighted by Crippen LogP contribution is -2.45. The summed E-state index contributed by atoms with van der Waals surface area (Å²) in [7, 11) is 1.86. The molecule has 1 aliphatic rings. The van der Waals surface area contributed by atoms with Crippen LogP contribution in [-0.4, -0.2) is 80.4 Å². The molecule has 0 amide bonds. The number of fused-ring (bicyclic) bond motifs is 1. The second-order valence-electron chi connectivity index (χ2n) is 9.79. The van der Waals surface area contributed by atoms with Gasteiger partial charge >= 0.3 is 0 Å². The van der Waals surface area contributed by atoms with Crippen molar-refractivity contribution < 1.29 is 13.6 Å². The van der Waals surface area contributed by atoms with Gasteiger partial charge in [-0.2, -0.15) is 0 Å². The minimum Gasteiger partial charge on any atom is -0.388 e. The summed E-state index contributed by atoms with van der Waals surface area (Å²) in [5.74, 6) is -0.106. The topological polar surface area (TPSA) is 104 Å². The van der Waals surface area contributed by atoms with Gasteiger partial charge in [-0.25, -0.2) is 28.7 Å². The minimum atomic E-state index is -0.692. The first-order valence-corrected chi connectivity index (χ1v) is 13.4. The van der Waals surface area contributed by atoms with E-state index in [-0.39, 0.29) is 29.1 Å². The molecule has 0 unspecified atom stereocenters. The Morgan fingerprint density at radius 2 is 1.77 bits per heavy atom. The number of anilines is 3. The van der Waals surface area contributed by atoms with Crippen LogP contribution in [0.4, 0.5) is 26.2 Å². The van der Waals surface area contributed by atoms with Gasteiger partial charge in [-0.3, -0.25) is 4.90 Å². The molecule has 2 N–H and O–H groups in total. The molecular weight excluding hydrogens is 516 g/mol. The molecule has 12 heteroatoms. The SMILES string of the molecule is CCN1CCN(Cc2cnc(Nc3ncc(F)c(-c4cc(F)c5nc(C)n(CCC=O)c5c4)n3)cc2NC)CC1. The van der Waals surface area contributed by atoms with E-state index in [2.05, 4.69) is 47.3 Å². The van der Waals surface area contributed by atoms with Crippen LogP contribution in [0.1, 0.15) is 24.7 Å². The summed E-state index contributed by atoms with van der Waals surface area (Å²) >= 11 is 0. The smallest absolute Gasteiger partial charge is 0.229 e. The molecular formula is C28H33F2N9O. The number of benzene rings is 1. The predicted molar refractivity (Wildman–Crippen MR) is 151 cm³/mol. The second kappa shape index (κ2) is 12.0. The third-order valence-corrected chi connectivity index (χ3v) is 7.29. The predicted octanol–water partition coefficient (Wildman–Crippen LogP) is 3.99. The summed E-state index contributed by atoms with van der Waals surface area (Å²) in [6.45, 7) is 10.2. The summed E-state index contributed by atoms with van der Waals surface area (Å²) in [5, 5.41) is 6.28. The number of halogens is 2. The number of likely N-dealkylation sites (N-methyl/N-ethyl adjacent to an activating group) is 1. The Hall–Kier alpha value is -4.03. The van der Waals surface area contributed by atoms with E-state index in [9.17, 15) is 9.18 Å². The van der Waals surface area contributed by atoms with E-state index < -0.39 is 11.6 Å². The number of rotatable bonds is 10. The first-order chi connectivity index (χ1) is 19.4. The van der Waals surface area contributed by atoms with Gasteiger partial charge in [0.2, 0.25) is 5.95 Å². The summed E-state index contributed by atoms with van der Waals surface area (Å²) < 4.78 is 31.6. The fourth-order valence-electron chi connectivity index (χ4n) is 5.06. The molecule has 0 radical (unpaired) electrons. The summed E-state index contributed by atoms with van der Waals surface area (Å²) in [5.41, 5.74) is 2.80. The third kappa shape index (κ3) is 5.77. The van der Waals surface area contributed by atoms with E-state index in [1.165, 1.54) is 6.07 Å². The van der Waals surface area contributed by atoms with E-state index in [1.807, 2.05) is 19.3 Å². The van der Waals surface area contributed by atoms with E-state index in [0.29, 0.717) is 23.7 Å². The van der Waals surface area contributed by atoms with E-state index in [4.69, 9.17) is 0 Å². The fourth-order valence-corrected chi connectivity index (χ4v) is 5.06. The number of piperazine rings is 1. The largest absolute Gasteiger partial charge is 0.388 e. The van der Waals surface area contributed by atoms with Crippen LogP contribution in [0.2, 0.25) is 0 Å². The third-order valence-electron chi connectivity index (χ3n) is 7.29. The van der Waals surface area contributed by atoms with E-state index in [0.717, 1.165) is 63.0 Å². The number of hydrogen-bond acceptors (Lipinski definition) is 9. The number of pyridine rings is 1. The van der Waals surface area contributed by atoms with Crippen LogP contribution < -0.4 is 10.6 Å². The first-order valence-electron chi connectivity index (χ1n) is 13.4. The van der Waals surface area contributed by atoms with Gasteiger partial charge in [-0.05, 0) is 25.6 Å². The molecule has 1 fully saturated rings. The van der Waals surface area contributed by atoms with Crippen molar-refractivity contribution in [3.8, 4) is 11.3 Å². The van der Waals surface area contributed by atoms with Crippen molar-refractivity contribution in [3.05, 3.63) is 53.6 Å². The zero-order chi connectivity index (χ0) is 28.2. The molecule has 4 heterocycles. The molecule has 0 aliphatic carbocycles. The van der Waals surface area contributed by atoms with Gasteiger partial charge in [0, 0.05) is 81.8 Å². The molecule has 5 rings (SSSR count). The van der Waals surface area contributed by atoms with Crippen molar-refractivity contribution >= 4 is 34.8 Å². The van der Waals surface area contributed by atoms with Crippen molar-refractivity contribution in [3.63, 3.8) is 0 Å². The summed E-state index contributed by atoms with van der Waals surface area (Å²) in [6, 6.07) is 4.70. The standard InChI is InChI=1S/C28H33F2N9O/c1-4-37-7-9-38(10-8-37)17-20-15-32-25(14-23(20)31-3)35-28-33-16-22(30)26(36-28)19-12-21(29)27-24(13-19)39(6-5-11-40)18(2)34-27/h11-16H,4-10,17H2,1-3H3,(H2,31,32,33,35,36). The lowest BCUT2D eigenvalue weighted by atomic mass is 10.1. The highest BCUT2D eigenvalue weighted by molar-refractivity contribution is 5.83. The highest BCUT2D eigenvalue weighted by atomic mass is 19.1. The quantitative estimate of drug-likeness (QED) is 0.284. The summed E-state index contributed by atoms with van der Waals surface area (Å²) in [6.07, 6.45) is 3.91. The molecule has 0 bridgehead atoms. The average molecular weight is 550 g/mol. The maximum atomic E-state index is 15.0. The second-order valence-corrected chi connectivity index (χ2v) is 9.79. The monoisotopic (exact) mass is 549 g/mol. The van der Waals surface area contributed by atoms with E-state index >= 15 is 4.39 Å². The van der Waals surface area contributed by atoms with Crippen LogP contribution >= 0.6 is 0 Å². The van der Waals surface area contributed by atoms with Gasteiger partial charge in [0.25, 0.3) is 0 Å². The molecule has 1 saturated heterocycles. The molecule has 0 atom stereocenters. The Bertz CT molecular complexity index is 1520. The molecule has 3 aromatic heterocycles. The van der Waals surface area contributed by atoms with Crippen molar-refractivity contribution in [2.75, 3.05) is 50.4 Å². The minimum absolute atomic E-state index is 0.0595. The van der Waals surface area contributed by atoms with Crippen molar-refractivity contribution in [2.45, 2.75) is 33.4 Å². The highest BCUT2D eigenvalue weighted by Gasteiger charge is 2.19. The number of imidazole rings is 1. The Balaban J connectivity index is 1.39. The number of aryl methyl sites for hydroxylation is 2. The number of carbonyl (C=O) groups is 1. The first kappa shape index (κ1) is 27.5. The molecule has 1 aliphatic heterocycles. The Morgan fingerprint density at radius 3 is 2.50 bits per heavy atom. The normalized spacial score (nSPS) is 14.5. The fraction of sp³-hybridized carbons (Fsp3) is 0.393. The van der Waals surface area contributed by atoms with Crippen LogP contribution in [0.25, 0.3) is 22.3 Å². The van der Waals surface area contributed by atoms with Crippen LogP contribution in [0.15, 0.2) is 30.6 Å².